The van der Waals surface area contributed by atoms with Crippen molar-refractivity contribution in [3.8, 4) is 0 Å². The lowest BCUT2D eigenvalue weighted by atomic mass is 9.89. The number of aromatic amines is 1. The fourth-order valence-corrected chi connectivity index (χ4v) is 3.73. The van der Waals surface area contributed by atoms with Gasteiger partial charge in [0.1, 0.15) is 6.04 Å². The molecular weight excluding hydrogens is 312 g/mol. The van der Waals surface area contributed by atoms with E-state index in [1.54, 1.807) is 0 Å². The van der Waals surface area contributed by atoms with Gasteiger partial charge in [0.15, 0.2) is 0 Å². The first-order valence-electron chi connectivity index (χ1n) is 8.73. The zero-order chi connectivity index (χ0) is 17.6. The summed E-state index contributed by atoms with van der Waals surface area (Å²) in [7, 11) is 0. The van der Waals surface area contributed by atoms with Crippen LogP contribution in [0.3, 0.4) is 0 Å². The molecule has 0 spiro atoms. The fourth-order valence-electron chi connectivity index (χ4n) is 3.73. The van der Waals surface area contributed by atoms with Crippen LogP contribution in [0, 0.1) is 0 Å². The number of carboxylic acid groups (broad SMARTS) is 1. The van der Waals surface area contributed by atoms with E-state index in [0.717, 1.165) is 27.7 Å². The summed E-state index contributed by atoms with van der Waals surface area (Å²) in [6.07, 6.45) is 0.495. The molecule has 0 unspecified atom stereocenters. The number of nitrogens with one attached hydrogen (secondary N) is 2. The van der Waals surface area contributed by atoms with Gasteiger partial charge in [-0.3, -0.25) is 10.1 Å². The number of carboxylic acids is 1. The van der Waals surface area contributed by atoms with Crippen LogP contribution in [-0.4, -0.2) is 22.1 Å². The Kier molecular flexibility index (Phi) is 3.85. The molecule has 0 fully saturated rings. The number of carbonyl (C=O) groups is 1. The first-order chi connectivity index (χ1) is 12.0. The number of aliphatic carboxylic acids is 1. The molecule has 4 heteroatoms. The van der Waals surface area contributed by atoms with Crippen LogP contribution < -0.4 is 5.32 Å². The van der Waals surface area contributed by atoms with Crippen LogP contribution in [0.5, 0.6) is 0 Å². The van der Waals surface area contributed by atoms with Crippen LogP contribution in [0.1, 0.15) is 48.2 Å². The van der Waals surface area contributed by atoms with E-state index in [1.165, 1.54) is 5.56 Å². The van der Waals surface area contributed by atoms with Crippen molar-refractivity contribution in [3.63, 3.8) is 0 Å². The Hall–Kier alpha value is -2.59. The number of para-hydroxylation sites is 1. The van der Waals surface area contributed by atoms with Crippen molar-refractivity contribution in [1.29, 1.82) is 0 Å². The predicted octanol–water partition coefficient (Wildman–Crippen LogP) is 3.98. The maximum absolute atomic E-state index is 11.7. The Balaban J connectivity index is 1.83. The first-order valence-corrected chi connectivity index (χ1v) is 8.73. The topological polar surface area (TPSA) is 65.1 Å². The maximum Gasteiger partial charge on any atom is 0.321 e. The van der Waals surface area contributed by atoms with Gasteiger partial charge in [-0.15, -0.1) is 0 Å². The minimum Gasteiger partial charge on any atom is -0.480 e. The van der Waals surface area contributed by atoms with Crippen molar-refractivity contribution in [3.05, 3.63) is 70.9 Å². The van der Waals surface area contributed by atoms with E-state index in [4.69, 9.17) is 0 Å². The lowest BCUT2D eigenvalue weighted by Gasteiger charge is -2.29. The molecule has 25 heavy (non-hydrogen) atoms. The third-order valence-corrected chi connectivity index (χ3v) is 5.15. The van der Waals surface area contributed by atoms with E-state index in [0.29, 0.717) is 12.3 Å². The molecule has 0 radical (unpaired) electrons. The highest BCUT2D eigenvalue weighted by Gasteiger charge is 2.33. The normalized spacial score (nSPS) is 20.0. The molecular formula is C21H22N2O2. The van der Waals surface area contributed by atoms with Crippen molar-refractivity contribution in [1.82, 2.24) is 10.3 Å². The Morgan fingerprint density at radius 2 is 1.84 bits per heavy atom. The summed E-state index contributed by atoms with van der Waals surface area (Å²) in [5.74, 6) is -0.330. The molecule has 1 aliphatic rings. The van der Waals surface area contributed by atoms with Gasteiger partial charge in [0.05, 0.1) is 6.04 Å². The van der Waals surface area contributed by atoms with Gasteiger partial charge >= 0.3 is 5.97 Å². The molecule has 128 valence electrons. The lowest BCUT2D eigenvalue weighted by Crippen LogP contribution is -2.44. The summed E-state index contributed by atoms with van der Waals surface area (Å²) >= 11 is 0. The SMILES string of the molecule is CC(C)c1ccc([C@H]2N[C@H](C(=O)O)Cc3c2[nH]c2ccccc32)cc1. The summed E-state index contributed by atoms with van der Waals surface area (Å²) in [6.45, 7) is 4.34. The van der Waals surface area contributed by atoms with Crippen molar-refractivity contribution < 1.29 is 9.90 Å². The second-order valence-corrected chi connectivity index (χ2v) is 7.08. The number of hydrogen-bond donors (Lipinski definition) is 3. The van der Waals surface area contributed by atoms with E-state index >= 15 is 0 Å². The van der Waals surface area contributed by atoms with Crippen LogP contribution in [0.4, 0.5) is 0 Å². The maximum atomic E-state index is 11.7. The van der Waals surface area contributed by atoms with Crippen LogP contribution in [0.15, 0.2) is 48.5 Å². The minimum absolute atomic E-state index is 0.140. The molecule has 0 saturated carbocycles. The van der Waals surface area contributed by atoms with E-state index in [-0.39, 0.29) is 6.04 Å². The Labute approximate surface area is 146 Å². The molecule has 0 aliphatic carbocycles. The molecule has 2 heterocycles. The van der Waals surface area contributed by atoms with Gasteiger partial charge in [-0.1, -0.05) is 56.3 Å². The van der Waals surface area contributed by atoms with Crippen LogP contribution >= 0.6 is 0 Å². The zero-order valence-corrected chi connectivity index (χ0v) is 14.4. The summed E-state index contributed by atoms with van der Waals surface area (Å²) in [6, 6.07) is 15.9. The quantitative estimate of drug-likeness (QED) is 0.679. The average Bonchev–Trinajstić information content (AvgIpc) is 2.99. The predicted molar refractivity (Wildman–Crippen MR) is 98.9 cm³/mol. The lowest BCUT2D eigenvalue weighted by molar-refractivity contribution is -0.139. The number of rotatable bonds is 3. The van der Waals surface area contributed by atoms with Gasteiger partial charge in [0.25, 0.3) is 0 Å². The van der Waals surface area contributed by atoms with Crippen molar-refractivity contribution >= 4 is 16.9 Å². The molecule has 3 aromatic rings. The molecule has 1 aliphatic heterocycles. The molecule has 2 atom stereocenters. The molecule has 4 nitrogen and oxygen atoms in total. The molecule has 2 aromatic carbocycles. The molecule has 0 amide bonds. The molecule has 0 bridgehead atoms. The van der Waals surface area contributed by atoms with E-state index in [9.17, 15) is 9.90 Å². The largest absolute Gasteiger partial charge is 0.480 e. The highest BCUT2D eigenvalue weighted by Crippen LogP contribution is 2.35. The number of hydrogen-bond acceptors (Lipinski definition) is 2. The van der Waals surface area contributed by atoms with Gasteiger partial charge in [-0.25, -0.2) is 0 Å². The Morgan fingerprint density at radius 3 is 2.52 bits per heavy atom. The second-order valence-electron chi connectivity index (χ2n) is 7.08. The van der Waals surface area contributed by atoms with Crippen LogP contribution in [0.25, 0.3) is 10.9 Å². The molecule has 3 N–H and O–H groups in total. The van der Waals surface area contributed by atoms with E-state index in [2.05, 4.69) is 54.5 Å². The summed E-state index contributed by atoms with van der Waals surface area (Å²) in [5.41, 5.74) is 5.62. The van der Waals surface area contributed by atoms with E-state index < -0.39 is 12.0 Å². The van der Waals surface area contributed by atoms with Crippen molar-refractivity contribution in [2.45, 2.75) is 38.3 Å². The second kappa shape index (κ2) is 6.05. The monoisotopic (exact) mass is 334 g/mol. The average molecular weight is 334 g/mol. The van der Waals surface area contributed by atoms with Gasteiger partial charge in [-0.05, 0) is 28.7 Å². The van der Waals surface area contributed by atoms with Crippen LogP contribution in [-0.2, 0) is 11.2 Å². The van der Waals surface area contributed by atoms with Crippen molar-refractivity contribution in [2.24, 2.45) is 0 Å². The fraction of sp³-hybridized carbons (Fsp3) is 0.286. The smallest absolute Gasteiger partial charge is 0.321 e. The highest BCUT2D eigenvalue weighted by atomic mass is 16.4. The number of H-pyrrole nitrogens is 1. The minimum atomic E-state index is -0.806. The third kappa shape index (κ3) is 2.72. The van der Waals surface area contributed by atoms with Gasteiger partial charge in [0, 0.05) is 23.0 Å². The summed E-state index contributed by atoms with van der Waals surface area (Å²) < 4.78 is 0. The molecule has 1 aromatic heterocycles. The van der Waals surface area contributed by atoms with Gasteiger partial charge < -0.3 is 10.1 Å². The molecule has 0 saturated heterocycles. The summed E-state index contributed by atoms with van der Waals surface area (Å²) in [5, 5.41) is 14.0. The van der Waals surface area contributed by atoms with E-state index in [1.807, 2.05) is 18.2 Å². The standard InChI is InChI=1S/C21H22N2O2/c1-12(2)13-7-9-14(10-8-13)19-20-16(11-18(23-19)21(24)25)15-5-3-4-6-17(15)22-20/h3-10,12,18-19,22-23H,11H2,1-2H3,(H,24,25)/t18-,19+/m0/s1. The highest BCUT2D eigenvalue weighted by molar-refractivity contribution is 5.87. The Bertz CT molecular complexity index is 925. The number of fused-ring (bicyclic) bond motifs is 3. The van der Waals surface area contributed by atoms with Crippen molar-refractivity contribution in [2.75, 3.05) is 0 Å². The first kappa shape index (κ1) is 15.9. The Morgan fingerprint density at radius 1 is 1.12 bits per heavy atom. The van der Waals surface area contributed by atoms with Crippen LogP contribution in [0.2, 0.25) is 0 Å². The third-order valence-electron chi connectivity index (χ3n) is 5.15. The number of aromatic nitrogens is 1. The zero-order valence-electron chi connectivity index (χ0n) is 14.4. The molecule has 4 rings (SSSR count). The number of benzene rings is 2. The van der Waals surface area contributed by atoms with Gasteiger partial charge in [0.2, 0.25) is 0 Å². The summed E-state index contributed by atoms with van der Waals surface area (Å²) in [4.78, 5) is 15.2. The van der Waals surface area contributed by atoms with Gasteiger partial charge in [-0.2, -0.15) is 0 Å².